The van der Waals surface area contributed by atoms with Gasteiger partial charge in [0.15, 0.2) is 0 Å². The van der Waals surface area contributed by atoms with Gasteiger partial charge in [-0.3, -0.25) is 4.79 Å². The molecule has 1 aromatic rings. The SMILES string of the molecule is CC[N+](CC)(CC)CC.O=C1NS(=O)(=O)c2ccccc21. The second-order valence-corrected chi connectivity index (χ2v) is 6.69. The van der Waals surface area contributed by atoms with E-state index in [0.29, 0.717) is 0 Å². The molecule has 5 nitrogen and oxygen atoms in total. The molecule has 1 amide bonds. The number of hydrogen-bond donors (Lipinski definition) is 1. The average molecular weight is 313 g/mol. The van der Waals surface area contributed by atoms with E-state index in [0.717, 1.165) is 0 Å². The minimum atomic E-state index is -3.55. The van der Waals surface area contributed by atoms with Crippen molar-refractivity contribution >= 4 is 15.9 Å². The Morgan fingerprint density at radius 2 is 1.43 bits per heavy atom. The van der Waals surface area contributed by atoms with E-state index in [1.54, 1.807) is 12.1 Å². The Labute approximate surface area is 127 Å². The molecule has 0 spiro atoms. The Morgan fingerprint density at radius 3 is 1.81 bits per heavy atom. The fourth-order valence-electron chi connectivity index (χ4n) is 2.46. The molecule has 0 aromatic heterocycles. The van der Waals surface area contributed by atoms with Crippen LogP contribution >= 0.6 is 0 Å². The first kappa shape index (κ1) is 17.7. The summed E-state index contributed by atoms with van der Waals surface area (Å²) in [6, 6.07) is 6.09. The second kappa shape index (κ2) is 7.04. The van der Waals surface area contributed by atoms with Crippen LogP contribution in [0.25, 0.3) is 0 Å². The van der Waals surface area contributed by atoms with E-state index in [2.05, 4.69) is 27.7 Å². The Bertz CT molecular complexity index is 575. The summed E-state index contributed by atoms with van der Waals surface area (Å²) in [5.41, 5.74) is 0.220. The number of amides is 1. The van der Waals surface area contributed by atoms with Gasteiger partial charge in [0.1, 0.15) is 4.90 Å². The highest BCUT2D eigenvalue weighted by Gasteiger charge is 2.31. The van der Waals surface area contributed by atoms with E-state index in [-0.39, 0.29) is 10.5 Å². The minimum absolute atomic E-state index is 0.0648. The van der Waals surface area contributed by atoms with E-state index in [4.69, 9.17) is 0 Å². The van der Waals surface area contributed by atoms with E-state index in [1.165, 1.54) is 42.8 Å². The van der Waals surface area contributed by atoms with Crippen LogP contribution in [0.15, 0.2) is 29.2 Å². The zero-order valence-electron chi connectivity index (χ0n) is 13.2. The summed E-state index contributed by atoms with van der Waals surface area (Å²) in [6.07, 6.45) is 0. The number of fused-ring (bicyclic) bond motifs is 1. The number of nitrogens with one attached hydrogen (secondary N) is 1. The summed E-state index contributed by atoms with van der Waals surface area (Å²) in [6.45, 7) is 14.2. The molecule has 0 saturated carbocycles. The molecule has 2 rings (SSSR count). The lowest BCUT2D eigenvalue weighted by molar-refractivity contribution is -0.921. The number of quaternary nitrogens is 1. The van der Waals surface area contributed by atoms with Gasteiger partial charge in [-0.15, -0.1) is 0 Å². The number of carbonyl (C=O) groups is 1. The summed E-state index contributed by atoms with van der Waals surface area (Å²) in [4.78, 5) is 11.1. The van der Waals surface area contributed by atoms with Crippen LogP contribution in [0, 0.1) is 0 Å². The molecule has 0 unspecified atom stereocenters. The highest BCUT2D eigenvalue weighted by Crippen LogP contribution is 2.20. The number of hydrogen-bond acceptors (Lipinski definition) is 3. The molecule has 118 valence electrons. The highest BCUT2D eigenvalue weighted by atomic mass is 32.2. The molecule has 6 heteroatoms. The molecule has 0 atom stereocenters. The third-order valence-electron chi connectivity index (χ3n) is 4.33. The summed E-state index contributed by atoms with van der Waals surface area (Å²) in [5.74, 6) is -0.550. The molecule has 1 heterocycles. The van der Waals surface area contributed by atoms with Gasteiger partial charge >= 0.3 is 0 Å². The van der Waals surface area contributed by atoms with Gasteiger partial charge in [0, 0.05) is 0 Å². The Hall–Kier alpha value is -1.40. The summed E-state index contributed by atoms with van der Waals surface area (Å²) >= 11 is 0. The zero-order valence-corrected chi connectivity index (χ0v) is 14.0. The third kappa shape index (κ3) is 3.83. The fourth-order valence-corrected chi connectivity index (χ4v) is 3.63. The first-order chi connectivity index (χ1) is 9.85. The number of carbonyl (C=O) groups excluding carboxylic acids is 1. The van der Waals surface area contributed by atoms with Crippen molar-refractivity contribution in [3.63, 3.8) is 0 Å². The number of sulfonamides is 1. The summed E-state index contributed by atoms with van der Waals surface area (Å²) in [5, 5.41) is 0. The number of benzene rings is 1. The van der Waals surface area contributed by atoms with Crippen LogP contribution in [-0.2, 0) is 10.0 Å². The normalized spacial score (nSPS) is 15.7. The fraction of sp³-hybridized carbons (Fsp3) is 0.533. The van der Waals surface area contributed by atoms with Crippen molar-refractivity contribution in [2.45, 2.75) is 32.6 Å². The van der Waals surface area contributed by atoms with Crippen molar-refractivity contribution < 1.29 is 17.7 Å². The highest BCUT2D eigenvalue weighted by molar-refractivity contribution is 7.90. The van der Waals surface area contributed by atoms with E-state index >= 15 is 0 Å². The third-order valence-corrected chi connectivity index (χ3v) is 5.72. The van der Waals surface area contributed by atoms with Gasteiger partial charge in [0.2, 0.25) is 0 Å². The van der Waals surface area contributed by atoms with Crippen molar-refractivity contribution in [1.82, 2.24) is 4.72 Å². The van der Waals surface area contributed by atoms with Gasteiger partial charge in [0.05, 0.1) is 31.7 Å². The largest absolute Gasteiger partial charge is 0.325 e. The summed E-state index contributed by atoms with van der Waals surface area (Å²) in [7, 11) is -3.55. The molecule has 1 aliphatic heterocycles. The van der Waals surface area contributed by atoms with Gasteiger partial charge in [-0.25, -0.2) is 13.1 Å². The minimum Gasteiger partial charge on any atom is -0.325 e. The molecule has 1 aliphatic rings. The average Bonchev–Trinajstić information content (AvgIpc) is 2.73. The molecule has 0 radical (unpaired) electrons. The van der Waals surface area contributed by atoms with Crippen molar-refractivity contribution in [1.29, 1.82) is 0 Å². The van der Waals surface area contributed by atoms with Gasteiger partial charge in [-0.05, 0) is 39.8 Å². The van der Waals surface area contributed by atoms with E-state index in [9.17, 15) is 13.2 Å². The topological polar surface area (TPSA) is 63.2 Å². The Morgan fingerprint density at radius 1 is 0.952 bits per heavy atom. The lowest BCUT2D eigenvalue weighted by atomic mass is 10.2. The summed E-state index contributed by atoms with van der Waals surface area (Å²) < 4.78 is 25.4. The Kier molecular flexibility index (Phi) is 5.92. The molecule has 1 N–H and O–H groups in total. The van der Waals surface area contributed by atoms with Crippen LogP contribution < -0.4 is 4.72 Å². The van der Waals surface area contributed by atoms with Crippen LogP contribution in [0.5, 0.6) is 0 Å². The lowest BCUT2D eigenvalue weighted by Crippen LogP contribution is -2.47. The molecule has 1 aromatic carbocycles. The Balaban J connectivity index is 0.000000222. The van der Waals surface area contributed by atoms with Crippen LogP contribution in [0.1, 0.15) is 38.1 Å². The zero-order chi connectivity index (χ0) is 16.1. The molecule has 0 aliphatic carbocycles. The second-order valence-electron chi connectivity index (χ2n) is 5.04. The van der Waals surface area contributed by atoms with Crippen molar-refractivity contribution in [2.24, 2.45) is 0 Å². The van der Waals surface area contributed by atoms with Gasteiger partial charge in [-0.2, -0.15) is 0 Å². The van der Waals surface area contributed by atoms with Crippen LogP contribution in [-0.4, -0.2) is 45.0 Å². The molecule has 21 heavy (non-hydrogen) atoms. The maximum Gasteiger partial charge on any atom is 0.266 e. The van der Waals surface area contributed by atoms with Crippen molar-refractivity contribution in [2.75, 3.05) is 26.2 Å². The molecule has 0 bridgehead atoms. The molecule has 0 saturated heterocycles. The monoisotopic (exact) mass is 313 g/mol. The lowest BCUT2D eigenvalue weighted by Gasteiger charge is -2.34. The van der Waals surface area contributed by atoms with Gasteiger partial charge in [-0.1, -0.05) is 12.1 Å². The van der Waals surface area contributed by atoms with Crippen LogP contribution in [0.2, 0.25) is 0 Å². The molecular formula is C15H25N2O3S+. The molecular weight excluding hydrogens is 288 g/mol. The predicted octanol–water partition coefficient (Wildman–Crippen LogP) is 2.00. The van der Waals surface area contributed by atoms with E-state index in [1.807, 2.05) is 4.72 Å². The quantitative estimate of drug-likeness (QED) is 0.865. The molecule has 0 fully saturated rings. The van der Waals surface area contributed by atoms with E-state index < -0.39 is 15.9 Å². The number of nitrogens with zero attached hydrogens (tertiary/aromatic N) is 1. The first-order valence-electron chi connectivity index (χ1n) is 7.37. The number of rotatable bonds is 4. The first-order valence-corrected chi connectivity index (χ1v) is 8.85. The van der Waals surface area contributed by atoms with Crippen LogP contribution in [0.3, 0.4) is 0 Å². The maximum absolute atomic E-state index is 11.1. The van der Waals surface area contributed by atoms with Gasteiger partial charge < -0.3 is 4.48 Å². The smallest absolute Gasteiger partial charge is 0.266 e. The standard InChI is InChI=1S/C8H20N.C7H5NO3S/c1-5-9(6-2,7-3)8-4;9-7-5-3-1-2-4-6(5)12(10,11)8-7/h5-8H2,1-4H3;1-4H,(H,8,9)/q+1;. The van der Waals surface area contributed by atoms with Crippen LogP contribution in [0.4, 0.5) is 0 Å². The van der Waals surface area contributed by atoms with Crippen molar-refractivity contribution in [3.05, 3.63) is 29.8 Å². The maximum atomic E-state index is 11.1. The van der Waals surface area contributed by atoms with Gasteiger partial charge in [0.25, 0.3) is 15.9 Å². The van der Waals surface area contributed by atoms with Crippen molar-refractivity contribution in [3.8, 4) is 0 Å². The predicted molar refractivity (Wildman–Crippen MR) is 83.5 cm³/mol.